The summed E-state index contributed by atoms with van der Waals surface area (Å²) in [6.07, 6.45) is -0.248. The monoisotopic (exact) mass is 808 g/mol. The van der Waals surface area contributed by atoms with Crippen molar-refractivity contribution >= 4 is 24.5 Å². The molecule has 3 aromatic carbocycles. The van der Waals surface area contributed by atoms with Crippen LogP contribution in [0.1, 0.15) is 63.5 Å². The van der Waals surface area contributed by atoms with Crippen LogP contribution >= 0.6 is 24.5 Å². The lowest BCUT2D eigenvalue weighted by Crippen LogP contribution is -2.39. The normalized spacial score (nSPS) is 18.0. The lowest BCUT2D eigenvalue weighted by Gasteiger charge is -2.39. The third-order valence-electron chi connectivity index (χ3n) is 8.94. The Labute approximate surface area is 319 Å². The molecule has 1 saturated heterocycles. The Balaban J connectivity index is 1.60. The second-order valence-corrected chi connectivity index (χ2v) is 15.3. The van der Waals surface area contributed by atoms with Crippen molar-refractivity contribution in [3.05, 3.63) is 127 Å². The molecule has 0 amide bonds. The van der Waals surface area contributed by atoms with Crippen molar-refractivity contribution in [2.45, 2.75) is 76.7 Å². The summed E-state index contributed by atoms with van der Waals surface area (Å²) in [5.41, 5.74) is 0.265. The number of H-pyrrole nitrogens is 1. The van der Waals surface area contributed by atoms with Crippen LogP contribution in [0.5, 0.6) is 11.5 Å². The van der Waals surface area contributed by atoms with Gasteiger partial charge in [0, 0.05) is 24.7 Å². The average Bonchev–Trinajstić information content (AvgIpc) is 3.56. The quantitative estimate of drug-likeness (QED) is 0.0659. The molecular weight excluding hydrogens is 763 g/mol. The van der Waals surface area contributed by atoms with Crippen LogP contribution in [0.3, 0.4) is 0 Å². The van der Waals surface area contributed by atoms with E-state index in [1.807, 2.05) is 78.9 Å². The molecule has 4 aromatic rings. The zero-order chi connectivity index (χ0) is 38.1. The standard InChI is InChI=1S/C39H46BrN4O8P/c1-26(2)44(27(3)4)53(50-22-10-21-41)52-34-23-36(43-24-33(40)37(45)42-38(43)46)51-35(34)25-49-39(28-11-8-7-9-12-28,29-13-17-31(47-5)18-14-29)30-15-19-32(48-6)20-16-30/h7-9,11-20,24,26-27,34-36H,10,22-23,25H2,1-6H3,(H,42,45,46). The van der Waals surface area contributed by atoms with Gasteiger partial charge in [-0.15, -0.1) is 0 Å². The fourth-order valence-corrected chi connectivity index (χ4v) is 8.58. The molecule has 1 aromatic heterocycles. The maximum Gasteiger partial charge on any atom is 0.330 e. The summed E-state index contributed by atoms with van der Waals surface area (Å²) in [5, 5.41) is 9.29. The molecule has 0 spiro atoms. The van der Waals surface area contributed by atoms with Gasteiger partial charge < -0.3 is 28.0 Å². The fourth-order valence-electron chi connectivity index (χ4n) is 6.50. The molecule has 53 heavy (non-hydrogen) atoms. The van der Waals surface area contributed by atoms with Crippen molar-refractivity contribution in [3.63, 3.8) is 0 Å². The molecule has 5 rings (SSSR count). The second-order valence-electron chi connectivity index (χ2n) is 13.0. The van der Waals surface area contributed by atoms with Gasteiger partial charge in [-0.2, -0.15) is 5.26 Å². The van der Waals surface area contributed by atoms with Crippen LogP contribution in [0.25, 0.3) is 0 Å². The number of nitrogens with zero attached hydrogens (tertiary/aromatic N) is 3. The van der Waals surface area contributed by atoms with E-state index in [1.165, 1.54) is 10.8 Å². The molecule has 4 atom stereocenters. The van der Waals surface area contributed by atoms with Crippen LogP contribution in [0.15, 0.2) is 99.1 Å². The number of rotatable bonds is 17. The van der Waals surface area contributed by atoms with Gasteiger partial charge in [-0.3, -0.25) is 14.3 Å². The zero-order valence-corrected chi connectivity index (χ0v) is 33.2. The number of nitrogens with one attached hydrogen (secondary N) is 1. The van der Waals surface area contributed by atoms with Crippen LogP contribution in [0.2, 0.25) is 0 Å². The third-order valence-corrected chi connectivity index (χ3v) is 11.7. The molecule has 2 heterocycles. The lowest BCUT2D eigenvalue weighted by atomic mass is 9.80. The van der Waals surface area contributed by atoms with Gasteiger partial charge in [0.15, 0.2) is 0 Å². The van der Waals surface area contributed by atoms with Crippen molar-refractivity contribution in [2.75, 3.05) is 27.4 Å². The van der Waals surface area contributed by atoms with Gasteiger partial charge in [0.2, 0.25) is 0 Å². The average molecular weight is 810 g/mol. The van der Waals surface area contributed by atoms with E-state index in [0.717, 1.165) is 16.7 Å². The summed E-state index contributed by atoms with van der Waals surface area (Å²) in [5.74, 6) is 1.39. The number of aromatic nitrogens is 2. The molecule has 0 saturated carbocycles. The maximum absolute atomic E-state index is 13.1. The number of methoxy groups -OCH3 is 2. The number of benzene rings is 3. The molecule has 14 heteroatoms. The van der Waals surface area contributed by atoms with Crippen LogP contribution < -0.4 is 20.7 Å². The molecule has 12 nitrogen and oxygen atoms in total. The number of halogens is 1. The predicted octanol–water partition coefficient (Wildman–Crippen LogP) is 7.27. The molecule has 282 valence electrons. The highest BCUT2D eigenvalue weighted by molar-refractivity contribution is 9.10. The first-order valence-corrected chi connectivity index (χ1v) is 19.3. The van der Waals surface area contributed by atoms with Gasteiger partial charge in [0.25, 0.3) is 14.1 Å². The molecule has 0 aliphatic carbocycles. The summed E-state index contributed by atoms with van der Waals surface area (Å²) < 4.78 is 41.7. The van der Waals surface area contributed by atoms with E-state index in [2.05, 4.69) is 59.3 Å². The van der Waals surface area contributed by atoms with Crippen LogP contribution in [-0.2, 0) is 24.1 Å². The lowest BCUT2D eigenvalue weighted by molar-refractivity contribution is -0.0926. The van der Waals surface area contributed by atoms with Gasteiger partial charge in [-0.25, -0.2) is 9.46 Å². The van der Waals surface area contributed by atoms with E-state index >= 15 is 0 Å². The Morgan fingerprint density at radius 2 is 1.51 bits per heavy atom. The van der Waals surface area contributed by atoms with Crippen molar-refractivity contribution in [3.8, 4) is 17.6 Å². The summed E-state index contributed by atoms with van der Waals surface area (Å²) in [6.45, 7) is 8.48. The largest absolute Gasteiger partial charge is 0.497 e. The predicted molar refractivity (Wildman–Crippen MR) is 206 cm³/mol. The molecular formula is C39H46BrN4O8P. The fraction of sp³-hybridized carbons (Fsp3) is 0.410. The van der Waals surface area contributed by atoms with E-state index in [4.69, 9.17) is 28.0 Å². The molecule has 1 aliphatic rings. The van der Waals surface area contributed by atoms with E-state index < -0.39 is 43.8 Å². The summed E-state index contributed by atoms with van der Waals surface area (Å²) in [7, 11) is 1.57. The van der Waals surface area contributed by atoms with Gasteiger partial charge in [0.05, 0.1) is 50.5 Å². The first-order valence-electron chi connectivity index (χ1n) is 17.4. The minimum absolute atomic E-state index is 0.0259. The minimum atomic E-state index is -1.68. The smallest absolute Gasteiger partial charge is 0.330 e. The van der Waals surface area contributed by atoms with Gasteiger partial charge in [-0.1, -0.05) is 54.6 Å². The van der Waals surface area contributed by atoms with Gasteiger partial charge in [0.1, 0.15) is 29.4 Å². The highest BCUT2D eigenvalue weighted by atomic mass is 79.9. The number of hydrogen-bond acceptors (Lipinski definition) is 10. The molecule has 1 N–H and O–H groups in total. The molecule has 1 aliphatic heterocycles. The van der Waals surface area contributed by atoms with E-state index in [1.54, 1.807) is 14.2 Å². The Morgan fingerprint density at radius 3 is 2.04 bits per heavy atom. The second kappa shape index (κ2) is 18.5. The minimum Gasteiger partial charge on any atom is -0.497 e. The molecule has 0 radical (unpaired) electrons. The number of nitriles is 1. The van der Waals surface area contributed by atoms with Crippen molar-refractivity contribution in [2.24, 2.45) is 0 Å². The third kappa shape index (κ3) is 9.27. The zero-order valence-electron chi connectivity index (χ0n) is 30.7. The Hall–Kier alpha value is -3.86. The van der Waals surface area contributed by atoms with E-state index in [-0.39, 0.29) is 42.6 Å². The molecule has 0 bridgehead atoms. The van der Waals surface area contributed by atoms with Crippen molar-refractivity contribution in [1.29, 1.82) is 5.26 Å². The number of ether oxygens (including phenoxy) is 4. The van der Waals surface area contributed by atoms with Crippen LogP contribution in [0.4, 0.5) is 0 Å². The molecule has 1 fully saturated rings. The van der Waals surface area contributed by atoms with Crippen LogP contribution in [0, 0.1) is 11.3 Å². The topological polar surface area (TPSA) is 137 Å². The Bertz CT molecular complexity index is 1880. The number of hydrogen-bond donors (Lipinski definition) is 1. The maximum atomic E-state index is 13.1. The first kappa shape index (κ1) is 40.3. The Kier molecular flexibility index (Phi) is 14.0. The highest BCUT2D eigenvalue weighted by Gasteiger charge is 2.45. The van der Waals surface area contributed by atoms with Crippen molar-refractivity contribution < 1.29 is 28.0 Å². The SMILES string of the molecule is COc1ccc(C(OCC2OC(n3cc(Br)c(=O)[nH]c3=O)CC2OP(OCCC#N)N(C(C)C)C(C)C)(c2ccccc2)c2ccc(OC)cc2)cc1. The summed E-state index contributed by atoms with van der Waals surface area (Å²) in [4.78, 5) is 27.7. The van der Waals surface area contributed by atoms with Crippen LogP contribution in [-0.4, -0.2) is 65.9 Å². The number of aromatic amines is 1. The van der Waals surface area contributed by atoms with E-state index in [0.29, 0.717) is 11.5 Å². The Morgan fingerprint density at radius 1 is 0.943 bits per heavy atom. The van der Waals surface area contributed by atoms with Gasteiger partial charge in [-0.05, 0) is 84.6 Å². The van der Waals surface area contributed by atoms with Crippen molar-refractivity contribution in [1.82, 2.24) is 14.2 Å². The van der Waals surface area contributed by atoms with E-state index in [9.17, 15) is 14.9 Å². The first-order chi connectivity index (χ1) is 25.5. The summed E-state index contributed by atoms with van der Waals surface area (Å²) in [6, 6.07) is 27.7. The summed E-state index contributed by atoms with van der Waals surface area (Å²) >= 11 is 3.26. The molecule has 4 unspecified atom stereocenters. The highest BCUT2D eigenvalue weighted by Crippen LogP contribution is 2.50. The van der Waals surface area contributed by atoms with Gasteiger partial charge >= 0.3 is 5.69 Å².